The summed E-state index contributed by atoms with van der Waals surface area (Å²) >= 11 is 0. The lowest BCUT2D eigenvalue weighted by molar-refractivity contribution is -0.144. The van der Waals surface area contributed by atoms with Crippen molar-refractivity contribution in [2.24, 2.45) is 0 Å². The molecular weight excluding hydrogens is 285 g/mol. The number of halogens is 3. The van der Waals surface area contributed by atoms with Crippen LogP contribution in [0.4, 0.5) is 24.8 Å². The van der Waals surface area contributed by atoms with E-state index < -0.39 is 12.0 Å². The van der Waals surface area contributed by atoms with Crippen LogP contribution in [0.5, 0.6) is 0 Å². The van der Waals surface area contributed by atoms with Gasteiger partial charge in [0.2, 0.25) is 5.82 Å². The first-order valence-corrected chi connectivity index (χ1v) is 6.36. The lowest BCUT2D eigenvalue weighted by Gasteiger charge is -2.29. The maximum absolute atomic E-state index is 12.9. The third-order valence-electron chi connectivity index (χ3n) is 3.29. The van der Waals surface area contributed by atoms with Gasteiger partial charge in [0.05, 0.1) is 6.54 Å². The van der Waals surface area contributed by atoms with Gasteiger partial charge in [-0.05, 0) is 0 Å². The fraction of sp³-hybridized carbons (Fsp3) is 0.417. The molecule has 0 saturated carbocycles. The summed E-state index contributed by atoms with van der Waals surface area (Å²) in [7, 11) is 1.52. The molecule has 0 unspecified atom stereocenters. The summed E-state index contributed by atoms with van der Waals surface area (Å²) in [5.41, 5.74) is 0. The van der Waals surface area contributed by atoms with Crippen LogP contribution in [0.25, 0.3) is 0 Å². The van der Waals surface area contributed by atoms with Gasteiger partial charge >= 0.3 is 6.18 Å². The summed E-state index contributed by atoms with van der Waals surface area (Å²) in [5, 5.41) is 2.63. The van der Waals surface area contributed by atoms with Crippen molar-refractivity contribution in [3.63, 3.8) is 0 Å². The van der Waals surface area contributed by atoms with Crippen LogP contribution in [0.1, 0.15) is 11.6 Å². The van der Waals surface area contributed by atoms with Crippen molar-refractivity contribution in [3.8, 4) is 0 Å². The Kier molecular flexibility index (Phi) is 3.19. The van der Waals surface area contributed by atoms with Gasteiger partial charge in [-0.2, -0.15) is 13.2 Å². The molecule has 0 bridgehead atoms. The number of aromatic nitrogens is 4. The fourth-order valence-corrected chi connectivity index (χ4v) is 2.22. The summed E-state index contributed by atoms with van der Waals surface area (Å²) in [6.07, 6.45) is -1.04. The molecule has 0 spiro atoms. The zero-order valence-corrected chi connectivity index (χ0v) is 11.2. The Balaban J connectivity index is 1.95. The van der Waals surface area contributed by atoms with Gasteiger partial charge in [-0.15, -0.1) is 0 Å². The molecule has 0 radical (unpaired) electrons. The summed E-state index contributed by atoms with van der Waals surface area (Å²) in [6.45, 7) is 1.65. The van der Waals surface area contributed by atoms with E-state index in [9.17, 15) is 13.2 Å². The van der Waals surface area contributed by atoms with E-state index in [4.69, 9.17) is 0 Å². The Hall–Kier alpha value is -2.32. The van der Waals surface area contributed by atoms with Gasteiger partial charge in [0, 0.05) is 38.6 Å². The summed E-state index contributed by atoms with van der Waals surface area (Å²) in [6, 6.07) is 1.51. The predicted molar refractivity (Wildman–Crippen MR) is 69.9 cm³/mol. The quantitative estimate of drug-likeness (QED) is 0.915. The molecule has 0 aromatic carbocycles. The molecule has 0 saturated heterocycles. The van der Waals surface area contributed by atoms with Crippen molar-refractivity contribution in [3.05, 3.63) is 30.1 Å². The van der Waals surface area contributed by atoms with Crippen LogP contribution in [0, 0.1) is 0 Å². The van der Waals surface area contributed by atoms with Gasteiger partial charge in [-0.3, -0.25) is 0 Å². The summed E-state index contributed by atoms with van der Waals surface area (Å²) in [5.74, 6) is 0.0508. The standard InChI is InChI=1S/C12H13F3N6/c1-16-8-6-9(19-11(18-8)12(13,14)15)21-5-4-20-3-2-17-10(20)7-21/h2-3,6H,4-5,7H2,1H3,(H,16,18,19). The molecule has 1 aliphatic rings. The lowest BCUT2D eigenvalue weighted by Crippen LogP contribution is -2.34. The molecule has 1 N–H and O–H groups in total. The molecule has 3 heterocycles. The van der Waals surface area contributed by atoms with Crippen LogP contribution in [0.15, 0.2) is 18.5 Å². The van der Waals surface area contributed by atoms with Crippen molar-refractivity contribution >= 4 is 11.6 Å². The normalized spacial score (nSPS) is 15.0. The van der Waals surface area contributed by atoms with Crippen molar-refractivity contribution < 1.29 is 13.2 Å². The number of alkyl halides is 3. The van der Waals surface area contributed by atoms with Gasteiger partial charge in [-0.25, -0.2) is 15.0 Å². The Morgan fingerprint density at radius 2 is 2.05 bits per heavy atom. The largest absolute Gasteiger partial charge is 0.451 e. The number of nitrogens with zero attached hydrogens (tertiary/aromatic N) is 5. The number of hydrogen-bond acceptors (Lipinski definition) is 5. The zero-order valence-electron chi connectivity index (χ0n) is 11.2. The molecule has 112 valence electrons. The van der Waals surface area contributed by atoms with Crippen molar-refractivity contribution in [2.45, 2.75) is 19.3 Å². The number of hydrogen-bond donors (Lipinski definition) is 1. The smallest absolute Gasteiger partial charge is 0.373 e. The SMILES string of the molecule is CNc1cc(N2CCn3ccnc3C2)nc(C(F)(F)F)n1. The first-order valence-electron chi connectivity index (χ1n) is 6.36. The molecular formula is C12H13F3N6. The van der Waals surface area contributed by atoms with E-state index in [1.807, 2.05) is 10.8 Å². The lowest BCUT2D eigenvalue weighted by atomic mass is 10.3. The van der Waals surface area contributed by atoms with E-state index in [2.05, 4.69) is 20.3 Å². The first kappa shape index (κ1) is 13.7. The molecule has 2 aromatic rings. The molecule has 21 heavy (non-hydrogen) atoms. The molecule has 0 atom stereocenters. The van der Waals surface area contributed by atoms with Crippen molar-refractivity contribution in [1.29, 1.82) is 0 Å². The Labute approximate surface area is 118 Å². The minimum absolute atomic E-state index is 0.140. The van der Waals surface area contributed by atoms with Crippen LogP contribution in [0.2, 0.25) is 0 Å². The minimum Gasteiger partial charge on any atom is -0.373 e. The average Bonchev–Trinajstić information content (AvgIpc) is 2.93. The third kappa shape index (κ3) is 2.63. The van der Waals surface area contributed by atoms with E-state index >= 15 is 0 Å². The maximum atomic E-state index is 12.9. The number of anilines is 2. The van der Waals surface area contributed by atoms with Crippen LogP contribution in [-0.2, 0) is 19.3 Å². The fourth-order valence-electron chi connectivity index (χ4n) is 2.22. The van der Waals surface area contributed by atoms with E-state index in [0.29, 0.717) is 19.6 Å². The number of fused-ring (bicyclic) bond motifs is 1. The van der Waals surface area contributed by atoms with Gasteiger partial charge < -0.3 is 14.8 Å². The highest BCUT2D eigenvalue weighted by atomic mass is 19.4. The molecule has 2 aromatic heterocycles. The number of nitrogens with one attached hydrogen (secondary N) is 1. The maximum Gasteiger partial charge on any atom is 0.451 e. The first-order chi connectivity index (χ1) is 9.97. The van der Waals surface area contributed by atoms with Crippen LogP contribution in [-0.4, -0.2) is 33.1 Å². The second kappa shape index (κ2) is 4.90. The monoisotopic (exact) mass is 298 g/mol. The molecule has 1 aliphatic heterocycles. The second-order valence-corrected chi connectivity index (χ2v) is 4.64. The van der Waals surface area contributed by atoms with E-state index in [0.717, 1.165) is 5.82 Å². The van der Waals surface area contributed by atoms with Crippen LogP contribution < -0.4 is 10.2 Å². The van der Waals surface area contributed by atoms with Crippen LogP contribution in [0.3, 0.4) is 0 Å². The van der Waals surface area contributed by atoms with Gasteiger partial charge in [0.1, 0.15) is 17.5 Å². The van der Waals surface area contributed by atoms with E-state index in [-0.39, 0.29) is 11.6 Å². The summed E-state index contributed by atoms with van der Waals surface area (Å²) < 4.78 is 40.5. The highest BCUT2D eigenvalue weighted by Gasteiger charge is 2.36. The number of rotatable bonds is 2. The summed E-state index contributed by atoms with van der Waals surface area (Å²) in [4.78, 5) is 13.1. The van der Waals surface area contributed by atoms with E-state index in [1.54, 1.807) is 11.1 Å². The van der Waals surface area contributed by atoms with Crippen LogP contribution >= 0.6 is 0 Å². The molecule has 0 amide bonds. The number of imidazole rings is 1. The topological polar surface area (TPSA) is 58.9 Å². The molecule has 0 fully saturated rings. The van der Waals surface area contributed by atoms with Gasteiger partial charge in [-0.1, -0.05) is 0 Å². The highest BCUT2D eigenvalue weighted by molar-refractivity contribution is 5.49. The minimum atomic E-state index is -4.57. The van der Waals surface area contributed by atoms with Gasteiger partial charge in [0.25, 0.3) is 0 Å². The highest BCUT2D eigenvalue weighted by Crippen LogP contribution is 2.30. The van der Waals surface area contributed by atoms with Gasteiger partial charge in [0.15, 0.2) is 0 Å². The molecule has 3 rings (SSSR count). The third-order valence-corrected chi connectivity index (χ3v) is 3.29. The Morgan fingerprint density at radius 1 is 1.24 bits per heavy atom. The van der Waals surface area contributed by atoms with Crippen molar-refractivity contribution in [1.82, 2.24) is 19.5 Å². The zero-order chi connectivity index (χ0) is 15.0. The molecule has 6 nitrogen and oxygen atoms in total. The van der Waals surface area contributed by atoms with Crippen molar-refractivity contribution in [2.75, 3.05) is 23.8 Å². The second-order valence-electron chi connectivity index (χ2n) is 4.64. The average molecular weight is 298 g/mol. The Morgan fingerprint density at radius 3 is 2.76 bits per heavy atom. The predicted octanol–water partition coefficient (Wildman–Crippen LogP) is 1.75. The molecule has 9 heteroatoms. The van der Waals surface area contributed by atoms with E-state index in [1.165, 1.54) is 13.1 Å². The Bertz CT molecular complexity index is 651. The molecule has 0 aliphatic carbocycles.